The van der Waals surface area contributed by atoms with Gasteiger partial charge in [0.2, 0.25) is 0 Å². The summed E-state index contributed by atoms with van der Waals surface area (Å²) in [6, 6.07) is 8.75. The summed E-state index contributed by atoms with van der Waals surface area (Å²) >= 11 is 2.36. The van der Waals surface area contributed by atoms with Crippen LogP contribution in [0, 0.1) is 3.57 Å². The molecular formula is C11H14IN. The molecule has 1 aromatic carbocycles. The van der Waals surface area contributed by atoms with Gasteiger partial charge >= 0.3 is 0 Å². The number of nitrogens with two attached hydrogens (primary N) is 1. The van der Waals surface area contributed by atoms with Crippen molar-refractivity contribution in [2.24, 2.45) is 5.73 Å². The minimum absolute atomic E-state index is 0.321. The van der Waals surface area contributed by atoms with Crippen LogP contribution in [0.3, 0.4) is 0 Å². The van der Waals surface area contributed by atoms with E-state index in [0.717, 1.165) is 6.54 Å². The molecule has 2 N–H and O–H groups in total. The summed E-state index contributed by atoms with van der Waals surface area (Å²) in [6.07, 6.45) is 3.87. The van der Waals surface area contributed by atoms with Gasteiger partial charge in [0.15, 0.2) is 0 Å². The van der Waals surface area contributed by atoms with E-state index in [1.165, 1.54) is 28.4 Å². The number of halogens is 1. The number of benzene rings is 1. The number of hydrogen-bond donors (Lipinski definition) is 1. The van der Waals surface area contributed by atoms with Crippen molar-refractivity contribution in [1.82, 2.24) is 0 Å². The van der Waals surface area contributed by atoms with E-state index in [9.17, 15) is 0 Å². The molecule has 0 radical (unpaired) electrons. The van der Waals surface area contributed by atoms with Crippen molar-refractivity contribution < 1.29 is 0 Å². The molecule has 2 rings (SSSR count). The fraction of sp³-hybridized carbons (Fsp3) is 0.455. The van der Waals surface area contributed by atoms with E-state index in [-0.39, 0.29) is 0 Å². The normalized spacial score (nSPS) is 19.5. The average Bonchev–Trinajstić information content (AvgIpc) is 2.03. The zero-order valence-electron chi connectivity index (χ0n) is 7.59. The highest BCUT2D eigenvalue weighted by molar-refractivity contribution is 14.1. The van der Waals surface area contributed by atoms with Crippen molar-refractivity contribution in [3.05, 3.63) is 33.4 Å². The first-order chi connectivity index (χ1) is 6.27. The summed E-state index contributed by atoms with van der Waals surface area (Å²) in [5, 5.41) is 0. The topological polar surface area (TPSA) is 26.0 Å². The van der Waals surface area contributed by atoms with Crippen LogP contribution in [0.1, 0.15) is 24.8 Å². The van der Waals surface area contributed by atoms with Crippen LogP contribution in [0.5, 0.6) is 0 Å². The summed E-state index contributed by atoms with van der Waals surface area (Å²) in [5.74, 6) is 0. The summed E-state index contributed by atoms with van der Waals surface area (Å²) in [6.45, 7) is 0.799. The Labute approximate surface area is 92.9 Å². The number of rotatable bonds is 2. The van der Waals surface area contributed by atoms with Crippen LogP contribution in [0.2, 0.25) is 0 Å². The Bertz CT molecular complexity index is 299. The van der Waals surface area contributed by atoms with Crippen molar-refractivity contribution in [3.8, 4) is 0 Å². The van der Waals surface area contributed by atoms with E-state index in [4.69, 9.17) is 5.73 Å². The lowest BCUT2D eigenvalue weighted by Gasteiger charge is -2.41. The molecule has 0 saturated heterocycles. The SMILES string of the molecule is NCC1(c2cccc(I)c2)CCC1. The quantitative estimate of drug-likeness (QED) is 0.831. The molecule has 0 aromatic heterocycles. The molecule has 2 heteroatoms. The minimum atomic E-state index is 0.321. The maximum atomic E-state index is 5.85. The van der Waals surface area contributed by atoms with Gasteiger partial charge < -0.3 is 5.73 Å². The van der Waals surface area contributed by atoms with Gasteiger partial charge in [-0.3, -0.25) is 0 Å². The van der Waals surface area contributed by atoms with Crippen molar-refractivity contribution in [3.63, 3.8) is 0 Å². The molecule has 0 atom stereocenters. The summed E-state index contributed by atoms with van der Waals surface area (Å²) in [5.41, 5.74) is 7.61. The molecule has 0 aliphatic heterocycles. The predicted molar refractivity (Wildman–Crippen MR) is 63.7 cm³/mol. The van der Waals surface area contributed by atoms with Crippen molar-refractivity contribution in [2.45, 2.75) is 24.7 Å². The van der Waals surface area contributed by atoms with E-state index in [1.54, 1.807) is 0 Å². The molecule has 1 saturated carbocycles. The molecule has 1 nitrogen and oxygen atoms in total. The highest BCUT2D eigenvalue weighted by Gasteiger charge is 2.37. The standard InChI is InChI=1S/C11H14IN/c12-10-4-1-3-9(7-10)11(8-13)5-2-6-11/h1,3-4,7H,2,5-6,8,13H2. The van der Waals surface area contributed by atoms with Gasteiger partial charge in [-0.1, -0.05) is 18.6 Å². The Hall–Kier alpha value is -0.0900. The van der Waals surface area contributed by atoms with Gasteiger partial charge in [0.1, 0.15) is 0 Å². The lowest BCUT2D eigenvalue weighted by Crippen LogP contribution is -2.41. The molecule has 1 aromatic rings. The first-order valence-electron chi connectivity index (χ1n) is 4.73. The minimum Gasteiger partial charge on any atom is -0.330 e. The highest BCUT2D eigenvalue weighted by Crippen LogP contribution is 2.42. The van der Waals surface area contributed by atoms with Gasteiger partial charge in [-0.15, -0.1) is 0 Å². The van der Waals surface area contributed by atoms with Crippen molar-refractivity contribution in [1.29, 1.82) is 0 Å². The summed E-state index contributed by atoms with van der Waals surface area (Å²) in [7, 11) is 0. The van der Waals surface area contributed by atoms with Crippen LogP contribution < -0.4 is 5.73 Å². The zero-order valence-corrected chi connectivity index (χ0v) is 9.75. The van der Waals surface area contributed by atoms with Gasteiger partial charge in [0, 0.05) is 15.5 Å². The molecule has 70 valence electrons. The Kier molecular flexibility index (Phi) is 2.60. The fourth-order valence-corrected chi connectivity index (χ4v) is 2.58. The second kappa shape index (κ2) is 3.58. The maximum absolute atomic E-state index is 5.85. The predicted octanol–water partition coefficient (Wildman–Crippen LogP) is 2.67. The fourth-order valence-electron chi connectivity index (χ4n) is 2.03. The first-order valence-corrected chi connectivity index (χ1v) is 5.81. The molecule has 13 heavy (non-hydrogen) atoms. The van der Waals surface area contributed by atoms with Crippen LogP contribution >= 0.6 is 22.6 Å². The van der Waals surface area contributed by atoms with Crippen LogP contribution in [0.4, 0.5) is 0 Å². The Morgan fingerprint density at radius 3 is 2.62 bits per heavy atom. The molecule has 1 aliphatic rings. The van der Waals surface area contributed by atoms with Crippen molar-refractivity contribution >= 4 is 22.6 Å². The second-order valence-electron chi connectivity index (χ2n) is 3.85. The van der Waals surface area contributed by atoms with Gasteiger partial charge in [-0.25, -0.2) is 0 Å². The molecular weight excluding hydrogens is 273 g/mol. The third-order valence-corrected chi connectivity index (χ3v) is 3.81. The summed E-state index contributed by atoms with van der Waals surface area (Å²) < 4.78 is 1.31. The molecule has 0 bridgehead atoms. The summed E-state index contributed by atoms with van der Waals surface area (Å²) in [4.78, 5) is 0. The third-order valence-electron chi connectivity index (χ3n) is 3.14. The smallest absolute Gasteiger partial charge is 0.0133 e. The van der Waals surface area contributed by atoms with E-state index in [0.29, 0.717) is 5.41 Å². The van der Waals surface area contributed by atoms with Gasteiger partial charge in [0.05, 0.1) is 0 Å². The average molecular weight is 287 g/mol. The highest BCUT2D eigenvalue weighted by atomic mass is 127. The van der Waals surface area contributed by atoms with Crippen LogP contribution in [0.25, 0.3) is 0 Å². The van der Waals surface area contributed by atoms with Crippen LogP contribution in [-0.2, 0) is 5.41 Å². The molecule has 1 fully saturated rings. The lowest BCUT2D eigenvalue weighted by molar-refractivity contribution is 0.253. The number of hydrogen-bond acceptors (Lipinski definition) is 1. The molecule has 0 amide bonds. The van der Waals surface area contributed by atoms with E-state index in [1.807, 2.05) is 0 Å². The third kappa shape index (κ3) is 1.62. The first kappa shape index (κ1) is 9.46. The molecule has 0 spiro atoms. The molecule has 1 aliphatic carbocycles. The maximum Gasteiger partial charge on any atom is 0.0133 e. The largest absolute Gasteiger partial charge is 0.330 e. The van der Waals surface area contributed by atoms with E-state index >= 15 is 0 Å². The second-order valence-corrected chi connectivity index (χ2v) is 5.09. The zero-order chi connectivity index (χ0) is 9.31. The Balaban J connectivity index is 2.33. The van der Waals surface area contributed by atoms with Crippen LogP contribution in [0.15, 0.2) is 24.3 Å². The van der Waals surface area contributed by atoms with Gasteiger partial charge in [-0.05, 0) is 53.1 Å². The Morgan fingerprint density at radius 1 is 1.38 bits per heavy atom. The van der Waals surface area contributed by atoms with Gasteiger partial charge in [-0.2, -0.15) is 0 Å². The Morgan fingerprint density at radius 2 is 2.15 bits per heavy atom. The van der Waals surface area contributed by atoms with E-state index < -0.39 is 0 Å². The van der Waals surface area contributed by atoms with Crippen molar-refractivity contribution in [2.75, 3.05) is 6.54 Å². The van der Waals surface area contributed by atoms with Crippen LogP contribution in [-0.4, -0.2) is 6.54 Å². The lowest BCUT2D eigenvalue weighted by atomic mass is 9.64. The monoisotopic (exact) mass is 287 g/mol. The van der Waals surface area contributed by atoms with E-state index in [2.05, 4.69) is 46.9 Å². The molecule has 0 unspecified atom stereocenters. The van der Waals surface area contributed by atoms with Gasteiger partial charge in [0.25, 0.3) is 0 Å². The molecule has 0 heterocycles.